The lowest BCUT2D eigenvalue weighted by atomic mass is 10.0. The molecule has 0 heterocycles. The van der Waals surface area contributed by atoms with Crippen molar-refractivity contribution in [1.82, 2.24) is 0 Å². The largest absolute Gasteiger partial charge is 0.496 e. The summed E-state index contributed by atoms with van der Waals surface area (Å²) in [6.45, 7) is 0. The van der Waals surface area contributed by atoms with Gasteiger partial charge >= 0.3 is 0 Å². The number of hydrogen-bond acceptors (Lipinski definition) is 2. The highest BCUT2D eigenvalue weighted by atomic mass is 79.9. The van der Waals surface area contributed by atoms with Crippen LogP contribution in [-0.4, -0.2) is 12.9 Å². The molecule has 0 spiro atoms. The molecule has 0 radical (unpaired) electrons. The molecule has 0 unspecified atom stereocenters. The van der Waals surface area contributed by atoms with Gasteiger partial charge in [-0.2, -0.15) is 0 Å². The molecule has 2 nitrogen and oxygen atoms in total. The van der Waals surface area contributed by atoms with Crippen molar-refractivity contribution in [3.63, 3.8) is 0 Å². The lowest BCUT2D eigenvalue weighted by molar-refractivity contribution is 0.0993. The van der Waals surface area contributed by atoms with Gasteiger partial charge in [0.2, 0.25) is 0 Å². The van der Waals surface area contributed by atoms with Crippen molar-refractivity contribution in [2.45, 2.75) is 6.42 Å². The molecule has 0 N–H and O–H groups in total. The van der Waals surface area contributed by atoms with Gasteiger partial charge in [-0.15, -0.1) is 0 Å². The summed E-state index contributed by atoms with van der Waals surface area (Å²) in [5.74, 6) is 0.650. The highest BCUT2D eigenvalue weighted by Crippen LogP contribution is 2.27. The van der Waals surface area contributed by atoms with Crippen LogP contribution in [0.5, 0.6) is 5.75 Å². The normalized spacial score (nSPS) is 10.4. The van der Waals surface area contributed by atoms with Gasteiger partial charge in [0.05, 0.1) is 16.6 Å². The Morgan fingerprint density at radius 3 is 2.60 bits per heavy atom. The molecule has 2 aromatic rings. The van der Waals surface area contributed by atoms with Crippen molar-refractivity contribution in [2.24, 2.45) is 0 Å². The Balaban J connectivity index is 2.23. The number of carbonyl (C=O) groups is 1. The number of carbonyl (C=O) groups excluding carboxylic acids is 1. The van der Waals surface area contributed by atoms with Crippen molar-refractivity contribution < 1.29 is 9.53 Å². The Kier molecular flexibility index (Phi) is 5.08. The molecule has 104 valence electrons. The summed E-state index contributed by atoms with van der Waals surface area (Å²) in [6, 6.07) is 10.4. The Labute approximate surface area is 135 Å². The predicted octanol–water partition coefficient (Wildman–Crippen LogP) is 5.19. The summed E-state index contributed by atoms with van der Waals surface area (Å²) >= 11 is 15.3. The molecule has 0 aromatic heterocycles. The smallest absolute Gasteiger partial charge is 0.168 e. The fourth-order valence-electron chi connectivity index (χ4n) is 1.81. The second-order valence-electron chi connectivity index (χ2n) is 4.19. The summed E-state index contributed by atoms with van der Waals surface area (Å²) in [5, 5.41) is 0.903. The third kappa shape index (κ3) is 3.54. The van der Waals surface area contributed by atoms with E-state index in [2.05, 4.69) is 15.9 Å². The van der Waals surface area contributed by atoms with E-state index >= 15 is 0 Å². The molecule has 0 aliphatic heterocycles. The molecule has 2 aromatic carbocycles. The molecule has 0 amide bonds. The van der Waals surface area contributed by atoms with Crippen LogP contribution in [0, 0.1) is 0 Å². The minimum atomic E-state index is -0.0745. The van der Waals surface area contributed by atoms with E-state index in [1.807, 2.05) is 18.2 Å². The van der Waals surface area contributed by atoms with Crippen molar-refractivity contribution in [1.29, 1.82) is 0 Å². The summed E-state index contributed by atoms with van der Waals surface area (Å²) in [6.07, 6.45) is 0.253. The zero-order valence-corrected chi connectivity index (χ0v) is 13.7. The molecule has 20 heavy (non-hydrogen) atoms. The number of methoxy groups -OCH3 is 1. The van der Waals surface area contributed by atoms with Crippen molar-refractivity contribution >= 4 is 44.9 Å². The van der Waals surface area contributed by atoms with Crippen LogP contribution in [0.3, 0.4) is 0 Å². The third-order valence-corrected chi connectivity index (χ3v) is 3.99. The van der Waals surface area contributed by atoms with E-state index in [9.17, 15) is 4.79 Å². The van der Waals surface area contributed by atoms with Gasteiger partial charge in [0.15, 0.2) is 5.78 Å². The maximum atomic E-state index is 12.3. The Hall–Kier alpha value is -1.03. The zero-order chi connectivity index (χ0) is 14.7. The first-order valence-corrected chi connectivity index (χ1v) is 7.37. The molecule has 0 fully saturated rings. The van der Waals surface area contributed by atoms with E-state index in [1.54, 1.807) is 25.3 Å². The van der Waals surface area contributed by atoms with Crippen molar-refractivity contribution in [3.05, 3.63) is 62.0 Å². The van der Waals surface area contributed by atoms with Crippen LogP contribution in [0.1, 0.15) is 15.9 Å². The first-order chi connectivity index (χ1) is 9.51. The van der Waals surface area contributed by atoms with Crippen LogP contribution in [0.15, 0.2) is 40.9 Å². The molecule has 0 saturated carbocycles. The van der Waals surface area contributed by atoms with E-state index < -0.39 is 0 Å². The third-order valence-electron chi connectivity index (χ3n) is 2.81. The Morgan fingerprint density at radius 2 is 1.95 bits per heavy atom. The van der Waals surface area contributed by atoms with Gasteiger partial charge in [-0.3, -0.25) is 4.79 Å². The van der Waals surface area contributed by atoms with Gasteiger partial charge in [0, 0.05) is 17.0 Å². The molecular formula is C15H11BrCl2O2. The zero-order valence-electron chi connectivity index (χ0n) is 10.6. The van der Waals surface area contributed by atoms with E-state index in [0.29, 0.717) is 15.6 Å². The molecule has 5 heteroatoms. The van der Waals surface area contributed by atoms with Crippen LogP contribution in [0.25, 0.3) is 0 Å². The van der Waals surface area contributed by atoms with Crippen LogP contribution in [0.4, 0.5) is 0 Å². The van der Waals surface area contributed by atoms with Gasteiger partial charge < -0.3 is 4.74 Å². The average Bonchev–Trinajstić information content (AvgIpc) is 2.41. The molecule has 2 rings (SSSR count). The lowest BCUT2D eigenvalue weighted by Gasteiger charge is -2.07. The van der Waals surface area contributed by atoms with E-state index in [0.717, 1.165) is 15.8 Å². The predicted molar refractivity (Wildman–Crippen MR) is 85.2 cm³/mol. The van der Waals surface area contributed by atoms with Gasteiger partial charge in [0.1, 0.15) is 5.75 Å². The first-order valence-electron chi connectivity index (χ1n) is 5.82. The van der Waals surface area contributed by atoms with E-state index in [1.165, 1.54) is 0 Å². The molecular weight excluding hydrogens is 363 g/mol. The highest BCUT2D eigenvalue weighted by Gasteiger charge is 2.13. The second kappa shape index (κ2) is 6.61. The van der Waals surface area contributed by atoms with Crippen LogP contribution >= 0.6 is 39.1 Å². The fraction of sp³-hybridized carbons (Fsp3) is 0.133. The van der Waals surface area contributed by atoms with Gasteiger partial charge in [-0.05, 0) is 51.8 Å². The van der Waals surface area contributed by atoms with Gasteiger partial charge in [0.25, 0.3) is 0 Å². The van der Waals surface area contributed by atoms with Gasteiger partial charge in [-0.1, -0.05) is 29.3 Å². The number of Topliss-reactive ketones (excluding diaryl/α,β-unsaturated/α-hetero) is 1. The minimum Gasteiger partial charge on any atom is -0.496 e. The number of rotatable bonds is 4. The Morgan fingerprint density at radius 1 is 1.20 bits per heavy atom. The SMILES string of the molecule is COc1ccc(CC(=O)c2cc(Cl)ccc2Cl)cc1Br. The molecule has 0 aliphatic carbocycles. The maximum Gasteiger partial charge on any atom is 0.168 e. The fourth-order valence-corrected chi connectivity index (χ4v) is 2.79. The molecule has 0 atom stereocenters. The lowest BCUT2D eigenvalue weighted by Crippen LogP contribution is -2.04. The summed E-state index contributed by atoms with van der Waals surface area (Å²) in [7, 11) is 1.59. The van der Waals surface area contributed by atoms with Crippen LogP contribution in [-0.2, 0) is 6.42 Å². The number of ketones is 1. The van der Waals surface area contributed by atoms with E-state index in [4.69, 9.17) is 27.9 Å². The van der Waals surface area contributed by atoms with E-state index in [-0.39, 0.29) is 12.2 Å². The summed E-state index contributed by atoms with van der Waals surface area (Å²) in [4.78, 5) is 12.3. The Bertz CT molecular complexity index is 656. The summed E-state index contributed by atoms with van der Waals surface area (Å²) < 4.78 is 5.96. The standard InChI is InChI=1S/C15H11BrCl2O2/c1-20-15-5-2-9(6-12(15)16)7-14(19)11-8-10(17)3-4-13(11)18/h2-6,8H,7H2,1H3. The number of hydrogen-bond donors (Lipinski definition) is 0. The van der Waals surface area contributed by atoms with Crippen molar-refractivity contribution in [2.75, 3.05) is 7.11 Å². The second-order valence-corrected chi connectivity index (χ2v) is 5.89. The highest BCUT2D eigenvalue weighted by molar-refractivity contribution is 9.10. The van der Waals surface area contributed by atoms with Gasteiger partial charge in [-0.25, -0.2) is 0 Å². The topological polar surface area (TPSA) is 26.3 Å². The molecule has 0 bridgehead atoms. The number of halogens is 3. The molecule has 0 saturated heterocycles. The van der Waals surface area contributed by atoms with Crippen LogP contribution in [0.2, 0.25) is 10.0 Å². The average molecular weight is 374 g/mol. The van der Waals surface area contributed by atoms with Crippen molar-refractivity contribution in [3.8, 4) is 5.75 Å². The summed E-state index contributed by atoms with van der Waals surface area (Å²) in [5.41, 5.74) is 1.31. The first kappa shape index (κ1) is 15.4. The number of ether oxygens (including phenoxy) is 1. The monoisotopic (exact) mass is 372 g/mol. The minimum absolute atomic E-state index is 0.0745. The molecule has 0 aliphatic rings. The maximum absolute atomic E-state index is 12.3. The quantitative estimate of drug-likeness (QED) is 0.689. The van der Waals surface area contributed by atoms with Crippen LogP contribution < -0.4 is 4.74 Å². The number of benzene rings is 2.